The molecular formula is C30H35N3O6S. The number of piperidine rings is 1. The molecule has 0 radical (unpaired) electrons. The number of hydrogen-bond acceptors (Lipinski definition) is 8. The molecule has 0 spiro atoms. The molecule has 1 aliphatic heterocycles. The van der Waals surface area contributed by atoms with E-state index in [-0.39, 0.29) is 23.5 Å². The molecule has 1 saturated heterocycles. The number of carbonyl (C=O) groups is 3. The fraction of sp³-hybridized carbons (Fsp3) is 0.400. The molecule has 1 fully saturated rings. The van der Waals surface area contributed by atoms with Gasteiger partial charge in [-0.25, -0.2) is 4.98 Å². The number of aromatic nitrogens is 1. The number of likely N-dealkylation sites (tertiary alicyclic amines) is 1. The van der Waals surface area contributed by atoms with Crippen molar-refractivity contribution in [2.45, 2.75) is 38.6 Å². The predicted molar refractivity (Wildman–Crippen MR) is 153 cm³/mol. The van der Waals surface area contributed by atoms with E-state index in [9.17, 15) is 14.4 Å². The van der Waals surface area contributed by atoms with E-state index < -0.39 is 6.04 Å². The third-order valence-corrected chi connectivity index (χ3v) is 8.32. The highest BCUT2D eigenvalue weighted by atomic mass is 32.1. The molecule has 10 heteroatoms. The summed E-state index contributed by atoms with van der Waals surface area (Å²) in [7, 11) is 4.54. The lowest BCUT2D eigenvalue weighted by molar-refractivity contribution is 0.0633. The van der Waals surface area contributed by atoms with Gasteiger partial charge in [0.05, 0.1) is 37.9 Å². The molecule has 2 aromatic carbocycles. The Labute approximate surface area is 238 Å². The first-order valence-corrected chi connectivity index (χ1v) is 14.2. The number of hydrogen-bond donors (Lipinski definition) is 0. The molecule has 1 aliphatic rings. The van der Waals surface area contributed by atoms with Crippen LogP contribution in [-0.4, -0.2) is 79.4 Å². The van der Waals surface area contributed by atoms with E-state index in [1.54, 1.807) is 46.4 Å². The van der Waals surface area contributed by atoms with Crippen LogP contribution in [0.1, 0.15) is 68.8 Å². The van der Waals surface area contributed by atoms with E-state index in [1.165, 1.54) is 32.7 Å². The molecule has 2 heterocycles. The monoisotopic (exact) mass is 565 g/mol. The van der Waals surface area contributed by atoms with Crippen molar-refractivity contribution in [1.29, 1.82) is 0 Å². The van der Waals surface area contributed by atoms with Crippen molar-refractivity contribution in [2.75, 3.05) is 41.0 Å². The van der Waals surface area contributed by atoms with Crippen molar-refractivity contribution >= 4 is 28.9 Å². The molecule has 40 heavy (non-hydrogen) atoms. The first kappa shape index (κ1) is 29.1. The van der Waals surface area contributed by atoms with Crippen LogP contribution in [0.5, 0.6) is 17.2 Å². The lowest BCUT2D eigenvalue weighted by Crippen LogP contribution is -2.43. The van der Waals surface area contributed by atoms with Crippen LogP contribution in [-0.2, 0) is 0 Å². The standard InChI is InChI=1S/C30H35N3O6S/c1-6-33(19(2)25(34)20-10-8-7-9-11-20)30(36)23-18-40-28(31-23)21-14-16-32(17-15-21)29(35)22-12-13-24(37-3)27(39-5)26(22)38-4/h7-13,18-19,21H,6,14-17H2,1-5H3. The van der Waals surface area contributed by atoms with Crippen LogP contribution in [0.15, 0.2) is 47.8 Å². The zero-order chi connectivity index (χ0) is 28.8. The fourth-order valence-electron chi connectivity index (χ4n) is 5.07. The molecule has 1 unspecified atom stereocenters. The van der Waals surface area contributed by atoms with Crippen LogP contribution in [0.25, 0.3) is 0 Å². The minimum Gasteiger partial charge on any atom is -0.493 e. The number of carbonyl (C=O) groups excluding carboxylic acids is 3. The molecule has 1 aromatic heterocycles. The third-order valence-electron chi connectivity index (χ3n) is 7.31. The summed E-state index contributed by atoms with van der Waals surface area (Å²) < 4.78 is 16.3. The zero-order valence-corrected chi connectivity index (χ0v) is 24.3. The van der Waals surface area contributed by atoms with Gasteiger partial charge in [0.2, 0.25) is 5.75 Å². The van der Waals surface area contributed by atoms with Gasteiger partial charge in [-0.2, -0.15) is 0 Å². The summed E-state index contributed by atoms with van der Waals surface area (Å²) in [5.41, 5.74) is 1.34. The molecule has 9 nitrogen and oxygen atoms in total. The molecule has 0 N–H and O–H groups in total. The van der Waals surface area contributed by atoms with Gasteiger partial charge in [-0.15, -0.1) is 11.3 Å². The zero-order valence-electron chi connectivity index (χ0n) is 23.5. The maximum atomic E-state index is 13.4. The first-order chi connectivity index (χ1) is 19.3. The van der Waals surface area contributed by atoms with Gasteiger partial charge >= 0.3 is 0 Å². The van der Waals surface area contributed by atoms with Crippen molar-refractivity contribution in [2.24, 2.45) is 0 Å². The Balaban J connectivity index is 1.42. The molecule has 3 aromatic rings. The van der Waals surface area contributed by atoms with Crippen LogP contribution in [0, 0.1) is 0 Å². The van der Waals surface area contributed by atoms with E-state index in [0.29, 0.717) is 53.7 Å². The highest BCUT2D eigenvalue weighted by Gasteiger charge is 2.31. The molecule has 1 atom stereocenters. The Kier molecular flexibility index (Phi) is 9.42. The minimum absolute atomic E-state index is 0.102. The summed E-state index contributed by atoms with van der Waals surface area (Å²) >= 11 is 1.45. The number of amides is 2. The van der Waals surface area contributed by atoms with Crippen molar-refractivity contribution in [3.8, 4) is 17.2 Å². The van der Waals surface area contributed by atoms with Crippen LogP contribution in [0.2, 0.25) is 0 Å². The van der Waals surface area contributed by atoms with Crippen molar-refractivity contribution in [3.63, 3.8) is 0 Å². The summed E-state index contributed by atoms with van der Waals surface area (Å²) in [5.74, 6) is 0.862. The van der Waals surface area contributed by atoms with Crippen molar-refractivity contribution in [1.82, 2.24) is 14.8 Å². The first-order valence-electron chi connectivity index (χ1n) is 13.3. The number of benzene rings is 2. The average Bonchev–Trinajstić information content (AvgIpc) is 3.50. The average molecular weight is 566 g/mol. The Morgan fingerprint density at radius 1 is 1.00 bits per heavy atom. The summed E-state index contributed by atoms with van der Waals surface area (Å²) in [5, 5.41) is 2.64. The van der Waals surface area contributed by atoms with Gasteiger partial charge in [0.1, 0.15) is 5.69 Å². The SMILES string of the molecule is CCN(C(=O)c1csc(C2CCN(C(=O)c3ccc(OC)c(OC)c3OC)CC2)n1)C(C)C(=O)c1ccccc1. The van der Waals surface area contributed by atoms with Crippen LogP contribution in [0.4, 0.5) is 0 Å². The molecule has 0 bridgehead atoms. The van der Waals surface area contributed by atoms with Gasteiger partial charge in [0.25, 0.3) is 11.8 Å². The normalized spacial score (nSPS) is 14.4. The summed E-state index contributed by atoms with van der Waals surface area (Å²) in [4.78, 5) is 47.7. The fourth-order valence-corrected chi connectivity index (χ4v) is 6.03. The lowest BCUT2D eigenvalue weighted by Gasteiger charge is -2.31. The van der Waals surface area contributed by atoms with E-state index in [4.69, 9.17) is 14.2 Å². The number of thiazole rings is 1. The smallest absolute Gasteiger partial charge is 0.273 e. The minimum atomic E-state index is -0.604. The molecule has 4 rings (SSSR count). The highest BCUT2D eigenvalue weighted by molar-refractivity contribution is 7.09. The Bertz CT molecular complexity index is 1350. The van der Waals surface area contributed by atoms with E-state index in [1.807, 2.05) is 25.1 Å². The van der Waals surface area contributed by atoms with Crippen molar-refractivity contribution in [3.05, 3.63) is 69.7 Å². The Morgan fingerprint density at radius 2 is 1.68 bits per heavy atom. The molecule has 0 aliphatic carbocycles. The van der Waals surface area contributed by atoms with Crippen LogP contribution in [0.3, 0.4) is 0 Å². The second-order valence-electron chi connectivity index (χ2n) is 9.52. The second-order valence-corrected chi connectivity index (χ2v) is 10.4. The number of rotatable bonds is 10. The summed E-state index contributed by atoms with van der Waals surface area (Å²) in [6.45, 7) is 5.11. The van der Waals surface area contributed by atoms with E-state index >= 15 is 0 Å². The summed E-state index contributed by atoms with van der Waals surface area (Å²) in [6.07, 6.45) is 1.45. The van der Waals surface area contributed by atoms with Gasteiger partial charge in [-0.3, -0.25) is 14.4 Å². The van der Waals surface area contributed by atoms with Crippen LogP contribution < -0.4 is 14.2 Å². The van der Waals surface area contributed by atoms with Gasteiger partial charge in [-0.05, 0) is 38.8 Å². The van der Waals surface area contributed by atoms with Gasteiger partial charge < -0.3 is 24.0 Å². The quantitative estimate of drug-likeness (QED) is 0.322. The maximum Gasteiger partial charge on any atom is 0.273 e. The van der Waals surface area contributed by atoms with Gasteiger partial charge in [0, 0.05) is 36.5 Å². The van der Waals surface area contributed by atoms with E-state index in [0.717, 1.165) is 17.8 Å². The highest BCUT2D eigenvalue weighted by Crippen LogP contribution is 2.41. The third kappa shape index (κ3) is 5.82. The second kappa shape index (κ2) is 13.0. The number of likely N-dealkylation sites (N-methyl/N-ethyl adjacent to an activating group) is 1. The van der Waals surface area contributed by atoms with E-state index in [2.05, 4.69) is 4.98 Å². The van der Waals surface area contributed by atoms with Gasteiger partial charge in [0.15, 0.2) is 17.3 Å². The molecule has 0 saturated carbocycles. The largest absolute Gasteiger partial charge is 0.493 e. The summed E-state index contributed by atoms with van der Waals surface area (Å²) in [6, 6.07) is 11.8. The number of nitrogens with zero attached hydrogens (tertiary/aromatic N) is 3. The Hall–Kier alpha value is -3.92. The number of ketones is 1. The number of methoxy groups -OCH3 is 3. The molecular weight excluding hydrogens is 530 g/mol. The number of ether oxygens (including phenoxy) is 3. The molecule has 2 amide bonds. The predicted octanol–water partition coefficient (Wildman–Crippen LogP) is 4.92. The molecule has 212 valence electrons. The Morgan fingerprint density at radius 3 is 2.27 bits per heavy atom. The van der Waals surface area contributed by atoms with Gasteiger partial charge in [-0.1, -0.05) is 30.3 Å². The maximum absolute atomic E-state index is 13.4. The number of Topliss-reactive ketones (excluding diaryl/α,β-unsaturated/α-hetero) is 1. The lowest BCUT2D eigenvalue weighted by atomic mass is 9.96. The van der Waals surface area contributed by atoms with Crippen LogP contribution >= 0.6 is 11.3 Å². The van der Waals surface area contributed by atoms with Crippen molar-refractivity contribution < 1.29 is 28.6 Å². The topological polar surface area (TPSA) is 98.3 Å².